The van der Waals surface area contributed by atoms with Crippen molar-refractivity contribution in [3.8, 4) is 0 Å². The molecule has 1 aliphatic heterocycles. The van der Waals surface area contributed by atoms with Crippen molar-refractivity contribution in [1.82, 2.24) is 10.3 Å². The minimum atomic E-state index is -3.16. The molecule has 0 spiro atoms. The zero-order valence-corrected chi connectivity index (χ0v) is 10.2. The van der Waals surface area contributed by atoms with Gasteiger partial charge in [0.25, 0.3) is 5.91 Å². The highest BCUT2D eigenvalue weighted by molar-refractivity contribution is 7.94. The van der Waals surface area contributed by atoms with Crippen molar-refractivity contribution in [2.45, 2.75) is 6.04 Å². The van der Waals surface area contributed by atoms with E-state index in [1.165, 1.54) is 24.4 Å². The Kier molecular flexibility index (Phi) is 3.17. The second-order valence-electron chi connectivity index (χ2n) is 3.61. The van der Waals surface area contributed by atoms with Crippen molar-refractivity contribution in [2.75, 3.05) is 5.75 Å². The maximum Gasteiger partial charge on any atom is 0.253 e. The van der Waals surface area contributed by atoms with Gasteiger partial charge < -0.3 is 5.32 Å². The number of aromatic nitrogens is 1. The van der Waals surface area contributed by atoms with Gasteiger partial charge in [0.1, 0.15) is 5.15 Å². The Morgan fingerprint density at radius 2 is 2.24 bits per heavy atom. The molecule has 1 aromatic heterocycles. The summed E-state index contributed by atoms with van der Waals surface area (Å²) in [6.07, 6.45) is 2.79. The van der Waals surface area contributed by atoms with Crippen LogP contribution in [0.1, 0.15) is 10.4 Å². The molecule has 0 aliphatic carbocycles. The van der Waals surface area contributed by atoms with Crippen molar-refractivity contribution in [2.24, 2.45) is 0 Å². The molecule has 90 valence electrons. The third-order valence-electron chi connectivity index (χ3n) is 2.24. The maximum atomic E-state index is 11.7. The Morgan fingerprint density at radius 3 is 2.76 bits per heavy atom. The van der Waals surface area contributed by atoms with Crippen LogP contribution in [0.15, 0.2) is 29.8 Å². The van der Waals surface area contributed by atoms with Crippen LogP contribution in [0.2, 0.25) is 5.15 Å². The number of hydrogen-bond acceptors (Lipinski definition) is 4. The lowest BCUT2D eigenvalue weighted by Crippen LogP contribution is -2.35. The first kappa shape index (κ1) is 12.1. The lowest BCUT2D eigenvalue weighted by Gasteiger charge is -2.09. The van der Waals surface area contributed by atoms with Crippen LogP contribution in [0.3, 0.4) is 0 Å². The van der Waals surface area contributed by atoms with Gasteiger partial charge in [0.05, 0.1) is 17.4 Å². The molecule has 7 heteroatoms. The Hall–Kier alpha value is -1.40. The molecular weight excluding hydrogens is 264 g/mol. The molecule has 1 aliphatic rings. The molecular formula is C10H9ClN2O3S. The first-order valence-electron chi connectivity index (χ1n) is 4.80. The normalized spacial score (nSPS) is 21.4. The van der Waals surface area contributed by atoms with Gasteiger partial charge in [-0.25, -0.2) is 13.4 Å². The average Bonchev–Trinajstić information content (AvgIpc) is 2.59. The van der Waals surface area contributed by atoms with Crippen molar-refractivity contribution in [3.63, 3.8) is 0 Å². The minimum absolute atomic E-state index is 0.0975. The van der Waals surface area contributed by atoms with Crippen molar-refractivity contribution >= 4 is 27.3 Å². The van der Waals surface area contributed by atoms with E-state index in [9.17, 15) is 13.2 Å². The molecule has 0 saturated carbocycles. The third kappa shape index (κ3) is 3.04. The molecule has 1 atom stereocenters. The minimum Gasteiger partial charge on any atom is -0.345 e. The van der Waals surface area contributed by atoms with E-state index in [0.717, 1.165) is 5.41 Å². The van der Waals surface area contributed by atoms with Crippen LogP contribution in [0, 0.1) is 0 Å². The Labute approximate surface area is 103 Å². The average molecular weight is 273 g/mol. The lowest BCUT2D eigenvalue weighted by molar-refractivity contribution is 0.0947. The fourth-order valence-electron chi connectivity index (χ4n) is 1.43. The van der Waals surface area contributed by atoms with Gasteiger partial charge in [0, 0.05) is 11.6 Å². The first-order chi connectivity index (χ1) is 7.96. The zero-order chi connectivity index (χ0) is 12.5. The number of nitrogens with one attached hydrogen (secondary N) is 1. The van der Waals surface area contributed by atoms with E-state index in [4.69, 9.17) is 11.6 Å². The molecule has 1 N–H and O–H groups in total. The van der Waals surface area contributed by atoms with Gasteiger partial charge in [-0.05, 0) is 18.2 Å². The quantitative estimate of drug-likeness (QED) is 0.807. The second-order valence-corrected chi connectivity index (χ2v) is 5.93. The molecule has 1 aromatic rings. The Bertz CT molecular complexity index is 566. The van der Waals surface area contributed by atoms with E-state index in [1.807, 2.05) is 0 Å². The number of halogens is 1. The number of rotatable bonds is 2. The van der Waals surface area contributed by atoms with Gasteiger partial charge in [-0.2, -0.15) is 0 Å². The van der Waals surface area contributed by atoms with E-state index in [1.54, 1.807) is 0 Å². The molecule has 0 radical (unpaired) electrons. The molecule has 17 heavy (non-hydrogen) atoms. The molecule has 2 rings (SSSR count). The topological polar surface area (TPSA) is 76.1 Å². The van der Waals surface area contributed by atoms with Crippen LogP contribution in [0.4, 0.5) is 0 Å². The van der Waals surface area contributed by atoms with Crippen LogP contribution in [-0.2, 0) is 9.84 Å². The largest absolute Gasteiger partial charge is 0.345 e. The number of carbonyl (C=O) groups excluding carboxylic acids is 1. The van der Waals surface area contributed by atoms with E-state index in [2.05, 4.69) is 10.3 Å². The van der Waals surface area contributed by atoms with Crippen LogP contribution >= 0.6 is 11.6 Å². The van der Waals surface area contributed by atoms with Gasteiger partial charge in [-0.15, -0.1) is 0 Å². The van der Waals surface area contributed by atoms with Crippen molar-refractivity contribution < 1.29 is 13.2 Å². The number of amides is 1. The summed E-state index contributed by atoms with van der Waals surface area (Å²) in [5, 5.41) is 3.99. The summed E-state index contributed by atoms with van der Waals surface area (Å²) in [6, 6.07) is 2.54. The van der Waals surface area contributed by atoms with Gasteiger partial charge >= 0.3 is 0 Å². The van der Waals surface area contributed by atoms with Crippen molar-refractivity contribution in [1.29, 1.82) is 0 Å². The molecule has 0 bridgehead atoms. The first-order valence-corrected chi connectivity index (χ1v) is 6.89. The van der Waals surface area contributed by atoms with Crippen LogP contribution in [0.5, 0.6) is 0 Å². The fourth-order valence-corrected chi connectivity index (χ4v) is 2.77. The van der Waals surface area contributed by atoms with Gasteiger partial charge in [-0.1, -0.05) is 11.6 Å². The van der Waals surface area contributed by atoms with E-state index < -0.39 is 15.9 Å². The number of sulfone groups is 1. The van der Waals surface area contributed by atoms with Gasteiger partial charge in [0.2, 0.25) is 0 Å². The molecule has 1 unspecified atom stereocenters. The summed E-state index contributed by atoms with van der Waals surface area (Å²) in [5.74, 6) is -0.472. The van der Waals surface area contributed by atoms with Crippen LogP contribution < -0.4 is 5.32 Å². The van der Waals surface area contributed by atoms with Crippen LogP contribution in [-0.4, -0.2) is 31.1 Å². The fraction of sp³-hybridized carbons (Fsp3) is 0.200. The summed E-state index contributed by atoms with van der Waals surface area (Å²) >= 11 is 5.59. The highest BCUT2D eigenvalue weighted by Crippen LogP contribution is 2.10. The highest BCUT2D eigenvalue weighted by atomic mass is 35.5. The summed E-state index contributed by atoms with van der Waals surface area (Å²) in [6.45, 7) is 0. The summed E-state index contributed by atoms with van der Waals surface area (Å²) in [5.41, 5.74) is 0.340. The SMILES string of the molecule is O=C(NC1C=CS(=O)(=O)C1)c1ccc(Cl)nc1. The predicted molar refractivity (Wildman–Crippen MR) is 63.4 cm³/mol. The van der Waals surface area contributed by atoms with Crippen LogP contribution in [0.25, 0.3) is 0 Å². The molecule has 2 heterocycles. The number of carbonyl (C=O) groups is 1. The van der Waals surface area contributed by atoms with Crippen molar-refractivity contribution in [3.05, 3.63) is 40.5 Å². The monoisotopic (exact) mass is 272 g/mol. The molecule has 1 amide bonds. The standard InChI is InChI=1S/C10H9ClN2O3S/c11-9-2-1-7(5-12-9)10(14)13-8-3-4-17(15,16)6-8/h1-5,8H,6H2,(H,13,14). The second kappa shape index (κ2) is 4.46. The number of pyridine rings is 1. The predicted octanol–water partition coefficient (Wildman–Crippen LogP) is 0.776. The lowest BCUT2D eigenvalue weighted by atomic mass is 10.2. The smallest absolute Gasteiger partial charge is 0.253 e. The summed E-state index contributed by atoms with van der Waals surface area (Å²) in [7, 11) is -3.16. The molecule has 5 nitrogen and oxygen atoms in total. The summed E-state index contributed by atoms with van der Waals surface area (Å²) in [4.78, 5) is 15.5. The summed E-state index contributed by atoms with van der Waals surface area (Å²) < 4.78 is 22.3. The molecule has 0 aromatic carbocycles. The molecule has 0 fully saturated rings. The third-order valence-corrected chi connectivity index (χ3v) is 3.86. The maximum absolute atomic E-state index is 11.7. The number of hydrogen-bond donors (Lipinski definition) is 1. The Balaban J connectivity index is 2.04. The van der Waals surface area contributed by atoms with Gasteiger partial charge in [-0.3, -0.25) is 4.79 Å². The highest BCUT2D eigenvalue weighted by Gasteiger charge is 2.23. The number of nitrogens with zero attached hydrogens (tertiary/aromatic N) is 1. The zero-order valence-electron chi connectivity index (χ0n) is 8.63. The van der Waals surface area contributed by atoms with E-state index in [0.29, 0.717) is 10.7 Å². The Morgan fingerprint density at radius 1 is 1.47 bits per heavy atom. The van der Waals surface area contributed by atoms with E-state index >= 15 is 0 Å². The van der Waals surface area contributed by atoms with E-state index in [-0.39, 0.29) is 11.7 Å². The molecule has 0 saturated heterocycles. The van der Waals surface area contributed by atoms with Gasteiger partial charge in [0.15, 0.2) is 9.84 Å².